The normalized spacial score (nSPS) is 18.9. The van der Waals surface area contributed by atoms with Crippen LogP contribution in [0.25, 0.3) is 0 Å². The molecule has 8 heteroatoms. The summed E-state index contributed by atoms with van der Waals surface area (Å²) >= 11 is 0. The first-order valence-electron chi connectivity index (χ1n) is 10.3. The average molecular weight is 416 g/mol. The Morgan fingerprint density at radius 3 is 2.90 bits per heavy atom. The summed E-state index contributed by atoms with van der Waals surface area (Å²) in [6.07, 6.45) is 3.98. The maximum atomic E-state index is 14.0. The molecule has 0 radical (unpaired) electrons. The highest BCUT2D eigenvalue weighted by Crippen LogP contribution is 2.27. The first-order chi connectivity index (χ1) is 14.6. The van der Waals surface area contributed by atoms with Crippen molar-refractivity contribution in [3.63, 3.8) is 0 Å². The Bertz CT molecular complexity index is 937. The van der Waals surface area contributed by atoms with E-state index in [1.807, 2.05) is 4.68 Å². The van der Waals surface area contributed by atoms with E-state index in [1.165, 1.54) is 6.07 Å². The number of rotatable bonds is 6. The number of allylic oxidation sites excluding steroid dienone is 1. The summed E-state index contributed by atoms with van der Waals surface area (Å²) in [5, 5.41) is 7.94. The molecule has 0 bridgehead atoms. The number of carbonyl (C=O) groups is 1. The van der Waals surface area contributed by atoms with Gasteiger partial charge in [0, 0.05) is 42.5 Å². The van der Waals surface area contributed by atoms with Gasteiger partial charge < -0.3 is 15.0 Å². The summed E-state index contributed by atoms with van der Waals surface area (Å²) in [6, 6.07) is 4.25. The van der Waals surface area contributed by atoms with Crippen molar-refractivity contribution in [2.45, 2.75) is 38.4 Å². The summed E-state index contributed by atoms with van der Waals surface area (Å²) in [5.41, 5.74) is 2.78. The summed E-state index contributed by atoms with van der Waals surface area (Å²) in [7, 11) is 0. The molecule has 1 aliphatic heterocycles. The maximum absolute atomic E-state index is 14.0. The summed E-state index contributed by atoms with van der Waals surface area (Å²) < 4.78 is 34.6. The van der Waals surface area contributed by atoms with Crippen molar-refractivity contribution in [1.29, 1.82) is 0 Å². The number of carbonyl (C=O) groups excluding carboxylic acids is 1. The fourth-order valence-electron chi connectivity index (χ4n) is 4.16. The van der Waals surface area contributed by atoms with Gasteiger partial charge in [-0.25, -0.2) is 8.78 Å². The van der Waals surface area contributed by atoms with E-state index in [9.17, 15) is 13.6 Å². The Hall–Kier alpha value is -2.58. The van der Waals surface area contributed by atoms with E-state index < -0.39 is 11.6 Å². The molecule has 1 atom stereocenters. The van der Waals surface area contributed by atoms with E-state index in [1.54, 1.807) is 17.0 Å². The van der Waals surface area contributed by atoms with Crippen molar-refractivity contribution in [3.05, 3.63) is 65.0 Å². The molecule has 2 aliphatic rings. The lowest BCUT2D eigenvalue weighted by Crippen LogP contribution is -2.41. The largest absolute Gasteiger partial charge is 0.378 e. The average Bonchev–Trinajstić information content (AvgIpc) is 3.13. The highest BCUT2D eigenvalue weighted by molar-refractivity contribution is 5.94. The Morgan fingerprint density at radius 1 is 1.33 bits per heavy atom. The van der Waals surface area contributed by atoms with Crippen molar-refractivity contribution in [1.82, 2.24) is 20.0 Å². The molecular weight excluding hydrogens is 390 g/mol. The van der Waals surface area contributed by atoms with Crippen molar-refractivity contribution in [3.8, 4) is 0 Å². The maximum Gasteiger partial charge on any atom is 0.274 e. The number of nitrogens with one attached hydrogen (secondary N) is 1. The molecule has 1 saturated heterocycles. The topological polar surface area (TPSA) is 59.4 Å². The van der Waals surface area contributed by atoms with Gasteiger partial charge in [0.15, 0.2) is 17.3 Å². The molecule has 1 amide bonds. The number of hydrogen-bond acceptors (Lipinski definition) is 4. The smallest absolute Gasteiger partial charge is 0.274 e. The first kappa shape index (κ1) is 20.7. The SMILES string of the molecule is C=CCn1nc(C(=O)N2CCOCC2)c2c1CC[C@@H](NCc1cccc(F)c1F)C2. The van der Waals surface area contributed by atoms with Crippen LogP contribution in [0.2, 0.25) is 0 Å². The van der Waals surface area contributed by atoms with Crippen LogP contribution in [0.5, 0.6) is 0 Å². The van der Waals surface area contributed by atoms with Gasteiger partial charge in [0.05, 0.1) is 19.8 Å². The minimum absolute atomic E-state index is 0.0535. The summed E-state index contributed by atoms with van der Waals surface area (Å²) in [5.74, 6) is -1.73. The third-order valence-electron chi connectivity index (χ3n) is 5.76. The number of morpholine rings is 1. The molecule has 1 fully saturated rings. The molecule has 0 spiro atoms. The minimum atomic E-state index is -0.843. The molecule has 30 heavy (non-hydrogen) atoms. The van der Waals surface area contributed by atoms with Gasteiger partial charge in [-0.15, -0.1) is 6.58 Å². The Kier molecular flexibility index (Phi) is 6.24. The van der Waals surface area contributed by atoms with Gasteiger partial charge in [0.2, 0.25) is 0 Å². The van der Waals surface area contributed by atoms with E-state index in [0.29, 0.717) is 50.5 Å². The molecule has 0 saturated carbocycles. The lowest BCUT2D eigenvalue weighted by molar-refractivity contribution is 0.0297. The van der Waals surface area contributed by atoms with Crippen molar-refractivity contribution >= 4 is 5.91 Å². The van der Waals surface area contributed by atoms with Crippen LogP contribution in [0.1, 0.15) is 33.7 Å². The lowest BCUT2D eigenvalue weighted by atomic mass is 9.90. The van der Waals surface area contributed by atoms with Gasteiger partial charge >= 0.3 is 0 Å². The first-order valence-corrected chi connectivity index (χ1v) is 10.3. The number of nitrogens with zero attached hydrogens (tertiary/aromatic N) is 3. The predicted molar refractivity (Wildman–Crippen MR) is 108 cm³/mol. The lowest BCUT2D eigenvalue weighted by Gasteiger charge is -2.28. The summed E-state index contributed by atoms with van der Waals surface area (Å²) in [6.45, 7) is 6.75. The van der Waals surface area contributed by atoms with Crippen molar-refractivity contribution in [2.24, 2.45) is 0 Å². The van der Waals surface area contributed by atoms with Crippen LogP contribution in [0, 0.1) is 11.6 Å². The highest BCUT2D eigenvalue weighted by atomic mass is 19.2. The Balaban J connectivity index is 1.52. The second-order valence-corrected chi connectivity index (χ2v) is 7.68. The van der Waals surface area contributed by atoms with Crippen LogP contribution in [0.15, 0.2) is 30.9 Å². The van der Waals surface area contributed by atoms with Crippen molar-refractivity contribution < 1.29 is 18.3 Å². The molecule has 1 aromatic heterocycles. The zero-order valence-electron chi connectivity index (χ0n) is 16.9. The number of ether oxygens (including phenoxy) is 1. The van der Waals surface area contributed by atoms with E-state index >= 15 is 0 Å². The van der Waals surface area contributed by atoms with Gasteiger partial charge in [0.1, 0.15) is 0 Å². The fourth-order valence-corrected chi connectivity index (χ4v) is 4.16. The monoisotopic (exact) mass is 416 g/mol. The van der Waals surface area contributed by atoms with Crippen molar-refractivity contribution in [2.75, 3.05) is 26.3 Å². The van der Waals surface area contributed by atoms with Gasteiger partial charge in [-0.3, -0.25) is 9.48 Å². The molecule has 0 unspecified atom stereocenters. The predicted octanol–water partition coefficient (Wildman–Crippen LogP) is 2.47. The molecule has 6 nitrogen and oxygen atoms in total. The van der Waals surface area contributed by atoms with Crippen LogP contribution in [0.3, 0.4) is 0 Å². The molecular formula is C22H26F2N4O2. The molecule has 1 aliphatic carbocycles. The van der Waals surface area contributed by atoms with Crippen LogP contribution in [-0.4, -0.2) is 52.9 Å². The molecule has 2 heterocycles. The van der Waals surface area contributed by atoms with Gasteiger partial charge in [-0.05, 0) is 25.3 Å². The second-order valence-electron chi connectivity index (χ2n) is 7.68. The number of fused-ring (bicyclic) bond motifs is 1. The Morgan fingerprint density at radius 2 is 2.13 bits per heavy atom. The van der Waals surface area contributed by atoms with Crippen LogP contribution in [-0.2, 0) is 30.7 Å². The van der Waals surface area contributed by atoms with Gasteiger partial charge in [-0.1, -0.05) is 18.2 Å². The van der Waals surface area contributed by atoms with Crippen LogP contribution >= 0.6 is 0 Å². The van der Waals surface area contributed by atoms with E-state index in [4.69, 9.17) is 4.74 Å². The number of hydrogen-bond donors (Lipinski definition) is 1. The molecule has 160 valence electrons. The Labute approximate surface area is 174 Å². The van der Waals surface area contributed by atoms with E-state index in [0.717, 1.165) is 30.2 Å². The minimum Gasteiger partial charge on any atom is -0.378 e. The van der Waals surface area contributed by atoms with E-state index in [2.05, 4.69) is 17.0 Å². The number of aromatic nitrogens is 2. The molecule has 2 aromatic rings. The highest BCUT2D eigenvalue weighted by Gasteiger charge is 2.31. The van der Waals surface area contributed by atoms with Gasteiger partial charge in [-0.2, -0.15) is 5.10 Å². The van der Waals surface area contributed by atoms with Gasteiger partial charge in [0.25, 0.3) is 5.91 Å². The molecule has 4 rings (SSSR count). The molecule has 1 aromatic carbocycles. The number of amides is 1. The zero-order chi connectivity index (χ0) is 21.1. The van der Waals surface area contributed by atoms with Crippen LogP contribution < -0.4 is 5.32 Å². The zero-order valence-corrected chi connectivity index (χ0v) is 16.9. The quantitative estimate of drug-likeness (QED) is 0.735. The fraction of sp³-hybridized carbons (Fsp3) is 0.455. The van der Waals surface area contributed by atoms with E-state index in [-0.39, 0.29) is 18.5 Å². The third-order valence-corrected chi connectivity index (χ3v) is 5.76. The molecule has 1 N–H and O–H groups in total. The second kappa shape index (κ2) is 9.06. The summed E-state index contributed by atoms with van der Waals surface area (Å²) in [4.78, 5) is 14.9. The third kappa shape index (κ3) is 4.15. The number of halogens is 2. The van der Waals surface area contributed by atoms with Crippen LogP contribution in [0.4, 0.5) is 8.78 Å². The standard InChI is InChI=1S/C22H26F2N4O2/c1-2-8-28-19-7-6-16(25-14-15-4-3-5-18(23)20(15)24)13-17(19)21(26-28)22(29)27-9-11-30-12-10-27/h2-5,16,25H,1,6-14H2/t16-/m1/s1. The number of benzene rings is 1.